The molecule has 2 radical (unpaired) electrons. The predicted octanol–water partition coefficient (Wildman–Crippen LogP) is 20.1. The van der Waals surface area contributed by atoms with Crippen LogP contribution in [0.3, 0.4) is 0 Å². The molecule has 125 heavy (non-hydrogen) atoms. The quantitative estimate of drug-likeness (QED) is 0.00429. The second-order valence-corrected chi connectivity index (χ2v) is 36.6. The standard InChI is InChI=1S/C16H15FIN5O.C11H5ClFIN4.C10H5ClFIN4O2.C10H7ClFIN4.C7H16O3.C6H5FIN.C6H15N.C5H11NO.C4HCl2N3O2.2ClH.Sn/c17-12-6-10(2-4-13(12)18)23-8-20-14-7-19-16(22-15(14)23)21-9-1-3-11(24)5-9;12-11-15-4-9-10(17-11)18(5-16-9)6-1-2-8(14)7(13)3-6;11-10-14-4-8(17(18)19)9(16-10)15-5-1-2-7(13)6(12)3-5;11-10-15-4-8(14)9(17-10)16-5-1-2-7(13)6(12)3-5;1-4-8-7(9-5-2)10-6-3;7-5-3-4(9)1-2-6(5)8;1-4-7(5-2)6-3;6-4-1-2-5(7)3-4;5-3-2(9(10)11)1-7-4(6)8-3;;;/h2,4,6-9,11,24H,1,3,5H2,(H,19,21,22);1-5H;1-4H,(H,14,15,16);1-4H,14H2,(H,15,16,17);7H,4-6H2,1-3H3;1-3H,9H2;4-6H2,1-3H3;4-5,7H,1-3,6H2;1H;2*1H;/q;;;;;;;;;;;+2/p-2/t9-,11-;;;;;;;4-,5-;;;;/m0......0..../s1. The van der Waals surface area contributed by atoms with Crippen molar-refractivity contribution >= 4 is 282 Å². The molecule has 50 heteroatoms. The minimum absolute atomic E-state index is 0.0766. The van der Waals surface area contributed by atoms with Crippen molar-refractivity contribution in [1.29, 1.82) is 0 Å². The van der Waals surface area contributed by atoms with E-state index in [2.05, 4.69) is 101 Å². The van der Waals surface area contributed by atoms with Crippen LogP contribution >= 0.6 is 189 Å². The zero-order chi connectivity index (χ0) is 92.6. The summed E-state index contributed by atoms with van der Waals surface area (Å²) in [6, 6.07) is 24.0. The van der Waals surface area contributed by atoms with Crippen LogP contribution in [0, 0.1) is 67.2 Å². The van der Waals surface area contributed by atoms with Crippen molar-refractivity contribution in [2.24, 2.45) is 5.73 Å². The maximum atomic E-state index is 13.8. The van der Waals surface area contributed by atoms with Crippen LogP contribution in [0.2, 0.25) is 26.3 Å². The number of nitro groups is 2. The minimum atomic E-state index is -0.826. The monoisotopic (exact) mass is 2540 g/mol. The van der Waals surface area contributed by atoms with Crippen LogP contribution in [0.15, 0.2) is 135 Å². The summed E-state index contributed by atoms with van der Waals surface area (Å²) in [6.45, 7) is 17.2. The Morgan fingerprint density at radius 3 is 1.32 bits per heavy atom. The molecule has 2 aliphatic carbocycles. The molecule has 14 rings (SSSR count). The molecule has 0 amide bonds. The van der Waals surface area contributed by atoms with Crippen molar-refractivity contribution in [2.75, 3.05) is 66.9 Å². The zero-order valence-electron chi connectivity index (χ0n) is 66.6. The first-order valence-corrected chi connectivity index (χ1v) is 51.3. The SMILES string of the molecule is CCN(CC)CC.CCOC(OCC)OCC.Fc1cc(-n2cnc3cnc(Cl)nc32)ccc1I.N[C@H]1CC[C@H](O)C1.Nc1ccc(I)c(F)c1.Nc1cnc(Cl)nc1Nc1ccc(I)c(F)c1.O=[N+]([O-])c1cnc(Cl)nc1Cl.O=[N+]([O-])c1cnc(Cl)nc1Nc1ccc(I)c(F)c1.O[C@H]1CC[C@H](Nc2ncc3ncn(-c4ccc(I)c(F)c4)c3n2)C1.[Cl][Sn][Cl]. The van der Waals surface area contributed by atoms with Crippen LogP contribution in [0.4, 0.5) is 73.7 Å². The van der Waals surface area contributed by atoms with E-state index in [9.17, 15) is 47.3 Å². The van der Waals surface area contributed by atoms with Gasteiger partial charge in [-0.15, -0.1) is 0 Å². The topological polar surface area (TPSA) is 436 Å². The zero-order valence-corrected chi connectivity index (χ0v) is 85.5. The Morgan fingerprint density at radius 2 is 0.920 bits per heavy atom. The molecule has 0 aliphatic heterocycles. The average molecular weight is 2540 g/mol. The molecule has 0 bridgehead atoms. The third-order valence-electron chi connectivity index (χ3n) is 16.3. The number of nitrogens with two attached hydrogens (primary N) is 3. The molecule has 2 fully saturated rings. The molecule has 0 unspecified atom stereocenters. The number of aliphatic hydroxyl groups excluding tert-OH is 2. The van der Waals surface area contributed by atoms with E-state index in [1.54, 1.807) is 76.5 Å². The number of ether oxygens (including phenoxy) is 3. The number of rotatable bonds is 19. The average Bonchev–Trinajstić information content (AvgIpc) is 1.66. The molecule has 5 aromatic carbocycles. The molecule has 7 aromatic heterocycles. The fourth-order valence-electron chi connectivity index (χ4n) is 10.2. The number of aliphatic hydroxyl groups is 2. The number of hydrogen-bond acceptors (Lipinski definition) is 28. The van der Waals surface area contributed by atoms with Crippen molar-refractivity contribution in [1.82, 2.24) is 73.8 Å². The Morgan fingerprint density at radius 1 is 0.520 bits per heavy atom. The van der Waals surface area contributed by atoms with Gasteiger partial charge in [-0.25, -0.2) is 56.8 Å². The number of nitrogen functional groups attached to an aromatic ring is 2. The number of halogens is 17. The summed E-state index contributed by atoms with van der Waals surface area (Å²) >= 11 is 36.3. The van der Waals surface area contributed by atoms with E-state index in [0.717, 1.165) is 44.5 Å². The van der Waals surface area contributed by atoms with Crippen molar-refractivity contribution in [3.8, 4) is 11.4 Å². The molecule has 11 N–H and O–H groups in total. The molecule has 2 saturated carbocycles. The molecule has 0 spiro atoms. The van der Waals surface area contributed by atoms with E-state index in [1.165, 1.54) is 68.4 Å². The van der Waals surface area contributed by atoms with E-state index in [0.29, 0.717) is 112 Å². The number of nitrogens with one attached hydrogen (secondary N) is 3. The van der Waals surface area contributed by atoms with E-state index >= 15 is 0 Å². The predicted molar refractivity (Wildman–Crippen MR) is 521 cm³/mol. The molecule has 12 aromatic rings. The summed E-state index contributed by atoms with van der Waals surface area (Å²) in [5, 5.41) is 47.9. The first-order valence-electron chi connectivity index (χ1n) is 36.8. The van der Waals surface area contributed by atoms with Gasteiger partial charge in [0.25, 0.3) is 6.48 Å². The van der Waals surface area contributed by atoms with Gasteiger partial charge in [0.05, 0.1) is 57.7 Å². The summed E-state index contributed by atoms with van der Waals surface area (Å²) in [6.07, 6.45) is 14.4. The number of nitrogens with zero attached hydrogens (tertiary/aromatic N) is 17. The Bertz CT molecular complexity index is 5400. The second kappa shape index (κ2) is 58.0. The van der Waals surface area contributed by atoms with Gasteiger partial charge in [0.1, 0.15) is 65.2 Å². The Balaban J connectivity index is 0.000000256. The van der Waals surface area contributed by atoms with Crippen LogP contribution < -0.4 is 33.2 Å². The van der Waals surface area contributed by atoms with E-state index < -0.39 is 41.0 Å². The molecule has 7 heterocycles. The molecular weight excluding hydrogens is 2460 g/mol. The maximum absolute atomic E-state index is 13.8. The van der Waals surface area contributed by atoms with Gasteiger partial charge in [-0.05, 0) is 329 Å². The van der Waals surface area contributed by atoms with Gasteiger partial charge < -0.3 is 62.5 Å². The van der Waals surface area contributed by atoms with Gasteiger partial charge in [0.2, 0.25) is 38.1 Å². The third kappa shape index (κ3) is 38.6. The Labute approximate surface area is 825 Å². The van der Waals surface area contributed by atoms with Crippen LogP contribution in [0.1, 0.15) is 80.1 Å². The number of imidazole rings is 2. The normalized spacial score (nSPS) is 14.0. The number of aromatic nitrogens is 14. The van der Waals surface area contributed by atoms with Gasteiger partial charge in [0.15, 0.2) is 17.1 Å². The van der Waals surface area contributed by atoms with Crippen LogP contribution in [-0.4, -0.2) is 183 Å². The van der Waals surface area contributed by atoms with Gasteiger partial charge >= 0.3 is 48.1 Å². The van der Waals surface area contributed by atoms with E-state index in [1.807, 2.05) is 140 Å². The summed E-state index contributed by atoms with van der Waals surface area (Å²) in [4.78, 5) is 68.8. The van der Waals surface area contributed by atoms with Crippen LogP contribution in [0.25, 0.3) is 33.7 Å². The molecule has 0 saturated heterocycles. The Hall–Kier alpha value is -5.91. The first-order chi connectivity index (χ1) is 59.5. The summed E-state index contributed by atoms with van der Waals surface area (Å²) in [7, 11) is 9.87. The summed E-state index contributed by atoms with van der Waals surface area (Å²) in [5.74, 6) is -0.804. The van der Waals surface area contributed by atoms with E-state index in [-0.39, 0.29) is 91.0 Å². The number of hydrogen-bond donors (Lipinski definition) is 8. The van der Waals surface area contributed by atoms with Crippen LogP contribution in [0.5, 0.6) is 0 Å². The van der Waals surface area contributed by atoms with Crippen molar-refractivity contribution in [3.05, 3.63) is 228 Å². The number of fused-ring (bicyclic) bond motifs is 2. The number of anilines is 7. The molecule has 32 nitrogen and oxygen atoms in total. The van der Waals surface area contributed by atoms with Gasteiger partial charge in [-0.2, -0.15) is 24.9 Å². The first kappa shape index (κ1) is 110. The third-order valence-corrected chi connectivity index (χ3v) is 21.7. The van der Waals surface area contributed by atoms with Crippen molar-refractivity contribution in [2.45, 2.75) is 111 Å². The van der Waals surface area contributed by atoms with Gasteiger partial charge in [0, 0.05) is 66.8 Å². The second-order valence-electron chi connectivity index (χ2n) is 24.9. The summed E-state index contributed by atoms with van der Waals surface area (Å²) < 4.78 is 88.0. The van der Waals surface area contributed by atoms with Gasteiger partial charge in [-0.3, -0.25) is 29.4 Å². The van der Waals surface area contributed by atoms with E-state index in [4.69, 9.17) is 112 Å². The molecule has 672 valence electrons. The van der Waals surface area contributed by atoms with Crippen molar-refractivity contribution in [3.63, 3.8) is 0 Å². The fourth-order valence-corrected chi connectivity index (χ4v) is 12.7. The fraction of sp³-hybridized carbons (Fsp3) is 0.307. The summed E-state index contributed by atoms with van der Waals surface area (Å²) in [5.41, 5.74) is 21.1. The molecule has 2 aliphatic rings. The Kier molecular flexibility index (Phi) is 50.8. The van der Waals surface area contributed by atoms with Gasteiger partial charge in [-0.1, -0.05) is 32.4 Å². The molecular formula is C75H80Cl7F5I5N23O9Sn. The van der Waals surface area contributed by atoms with Crippen molar-refractivity contribution < 1.29 is 56.2 Å². The number of benzene rings is 5. The molecule has 4 atom stereocenters. The van der Waals surface area contributed by atoms with Crippen LogP contribution in [-0.2, 0) is 14.2 Å².